The summed E-state index contributed by atoms with van der Waals surface area (Å²) in [4.78, 5) is 57.9. The molecule has 2 bridgehead atoms. The van der Waals surface area contributed by atoms with Crippen LogP contribution in [0.4, 0.5) is 0 Å². The van der Waals surface area contributed by atoms with E-state index in [1.165, 1.54) is 0 Å². The Bertz CT molecular complexity index is 1040. The van der Waals surface area contributed by atoms with Gasteiger partial charge in [-0.1, -0.05) is 50.1 Å². The molecule has 2 fully saturated rings. The zero-order valence-electron chi connectivity index (χ0n) is 23.1. The molecule has 212 valence electrons. The standard InChI is InChI=1S/C30H42N4O5/c1-2-3-4-11-28(36)34-21-26-8-5-6-10-27(26)39-18-7-9-25-20-33(30(38)22-34)13-12-24(25)19-29(37)32-16-14-31(23-35)15-17-32/h5-10,23-25H,2-4,11-22H2,1H3/b9-7+/t24-,25-/m0/s1. The Labute approximate surface area is 231 Å². The molecule has 3 heterocycles. The molecule has 0 saturated carbocycles. The number of rotatable bonds is 7. The molecule has 39 heavy (non-hydrogen) atoms. The van der Waals surface area contributed by atoms with Crippen LogP contribution in [0, 0.1) is 11.8 Å². The van der Waals surface area contributed by atoms with E-state index < -0.39 is 0 Å². The number of ether oxygens (including phenoxy) is 1. The Morgan fingerprint density at radius 3 is 2.56 bits per heavy atom. The van der Waals surface area contributed by atoms with Crippen LogP contribution in [-0.4, -0.2) is 96.2 Å². The highest BCUT2D eigenvalue weighted by Crippen LogP contribution is 2.30. The van der Waals surface area contributed by atoms with Gasteiger partial charge in [-0.2, -0.15) is 0 Å². The molecule has 3 aliphatic heterocycles. The van der Waals surface area contributed by atoms with Gasteiger partial charge in [0.2, 0.25) is 24.1 Å². The summed E-state index contributed by atoms with van der Waals surface area (Å²) in [5, 5.41) is 0. The van der Waals surface area contributed by atoms with Crippen LogP contribution < -0.4 is 4.74 Å². The van der Waals surface area contributed by atoms with E-state index in [9.17, 15) is 19.2 Å². The Balaban J connectivity index is 1.48. The molecule has 3 aliphatic rings. The van der Waals surface area contributed by atoms with Gasteiger partial charge in [-0.25, -0.2) is 0 Å². The molecule has 9 heteroatoms. The van der Waals surface area contributed by atoms with E-state index in [0.717, 1.165) is 37.7 Å². The number of piperidine rings is 1. The lowest BCUT2D eigenvalue weighted by Crippen LogP contribution is -2.50. The third kappa shape index (κ3) is 7.83. The molecule has 9 nitrogen and oxygen atoms in total. The van der Waals surface area contributed by atoms with Crippen LogP contribution >= 0.6 is 0 Å². The Kier molecular flexibility index (Phi) is 10.4. The van der Waals surface area contributed by atoms with Crippen LogP contribution in [0.15, 0.2) is 36.4 Å². The first kappa shape index (κ1) is 28.6. The van der Waals surface area contributed by atoms with E-state index in [2.05, 4.69) is 13.0 Å². The summed E-state index contributed by atoms with van der Waals surface area (Å²) in [7, 11) is 0. The Morgan fingerprint density at radius 2 is 1.79 bits per heavy atom. The molecular formula is C30H42N4O5. The normalized spacial score (nSPS) is 23.1. The summed E-state index contributed by atoms with van der Waals surface area (Å²) >= 11 is 0. The van der Waals surface area contributed by atoms with Crippen molar-refractivity contribution in [2.24, 2.45) is 11.8 Å². The number of carbonyl (C=O) groups excluding carboxylic acids is 4. The molecule has 0 radical (unpaired) electrons. The summed E-state index contributed by atoms with van der Waals surface area (Å²) < 4.78 is 6.09. The molecule has 2 atom stereocenters. The van der Waals surface area contributed by atoms with Gasteiger partial charge in [0.25, 0.3) is 0 Å². The summed E-state index contributed by atoms with van der Waals surface area (Å²) in [6.07, 6.45) is 9.33. The molecule has 0 N–H and O–H groups in total. The van der Waals surface area contributed by atoms with E-state index in [0.29, 0.717) is 71.0 Å². The van der Waals surface area contributed by atoms with Crippen LogP contribution in [0.3, 0.4) is 0 Å². The number of nitrogens with zero attached hydrogens (tertiary/aromatic N) is 4. The summed E-state index contributed by atoms with van der Waals surface area (Å²) in [6, 6.07) is 7.69. The molecule has 0 aromatic heterocycles. The largest absolute Gasteiger partial charge is 0.489 e. The number of unbranched alkanes of at least 4 members (excludes halogenated alkanes) is 2. The second kappa shape index (κ2) is 14.1. The number of amides is 4. The minimum atomic E-state index is -0.0513. The zero-order chi connectivity index (χ0) is 27.6. The van der Waals surface area contributed by atoms with Gasteiger partial charge in [0.1, 0.15) is 18.9 Å². The average Bonchev–Trinajstić information content (AvgIpc) is 2.96. The van der Waals surface area contributed by atoms with Gasteiger partial charge in [0.05, 0.1) is 0 Å². The molecule has 4 rings (SSSR count). The number of piperazine rings is 1. The molecule has 0 spiro atoms. The Hall–Kier alpha value is -3.36. The second-order valence-electron chi connectivity index (χ2n) is 10.8. The van der Waals surface area contributed by atoms with E-state index in [1.807, 2.05) is 40.1 Å². The van der Waals surface area contributed by atoms with Crippen LogP contribution in [0.25, 0.3) is 0 Å². The number of hydrogen-bond donors (Lipinski definition) is 0. The molecule has 0 aliphatic carbocycles. The highest BCUT2D eigenvalue weighted by atomic mass is 16.5. The molecule has 1 aromatic rings. The van der Waals surface area contributed by atoms with Gasteiger partial charge < -0.3 is 24.3 Å². The van der Waals surface area contributed by atoms with Gasteiger partial charge in [0.15, 0.2) is 0 Å². The van der Waals surface area contributed by atoms with Crippen molar-refractivity contribution in [2.75, 3.05) is 52.4 Å². The first-order valence-electron chi connectivity index (χ1n) is 14.4. The number of carbonyl (C=O) groups is 4. The fourth-order valence-corrected chi connectivity index (χ4v) is 5.69. The van der Waals surface area contributed by atoms with Crippen LogP contribution in [0.1, 0.15) is 51.0 Å². The first-order chi connectivity index (χ1) is 19.0. The lowest BCUT2D eigenvalue weighted by atomic mass is 9.82. The highest BCUT2D eigenvalue weighted by molar-refractivity contribution is 5.85. The van der Waals surface area contributed by atoms with Crippen molar-refractivity contribution in [3.8, 4) is 5.75 Å². The first-order valence-corrected chi connectivity index (χ1v) is 14.4. The highest BCUT2D eigenvalue weighted by Gasteiger charge is 2.34. The lowest BCUT2D eigenvalue weighted by Gasteiger charge is -2.39. The monoisotopic (exact) mass is 538 g/mol. The minimum absolute atomic E-state index is 0.00805. The number of benzene rings is 1. The maximum Gasteiger partial charge on any atom is 0.242 e. The quantitative estimate of drug-likeness (QED) is 0.303. The minimum Gasteiger partial charge on any atom is -0.489 e. The fourth-order valence-electron chi connectivity index (χ4n) is 5.69. The van der Waals surface area contributed by atoms with E-state index in [4.69, 9.17) is 4.74 Å². The van der Waals surface area contributed by atoms with Crippen LogP contribution in [0.5, 0.6) is 5.75 Å². The summed E-state index contributed by atoms with van der Waals surface area (Å²) in [5.41, 5.74) is 0.887. The van der Waals surface area contributed by atoms with Gasteiger partial charge in [-0.05, 0) is 30.7 Å². The lowest BCUT2D eigenvalue weighted by molar-refractivity contribution is -0.143. The van der Waals surface area contributed by atoms with Gasteiger partial charge in [-0.3, -0.25) is 19.2 Å². The molecule has 4 amide bonds. The van der Waals surface area contributed by atoms with Crippen molar-refractivity contribution in [2.45, 2.75) is 52.0 Å². The van der Waals surface area contributed by atoms with Gasteiger partial charge >= 0.3 is 0 Å². The van der Waals surface area contributed by atoms with Crippen LogP contribution in [-0.2, 0) is 25.7 Å². The number of para-hydroxylation sites is 1. The maximum absolute atomic E-state index is 13.5. The van der Waals surface area contributed by atoms with Gasteiger partial charge in [0, 0.05) is 64.2 Å². The fraction of sp³-hybridized carbons (Fsp3) is 0.600. The van der Waals surface area contributed by atoms with E-state index in [-0.39, 0.29) is 36.1 Å². The predicted octanol–water partition coefficient (Wildman–Crippen LogP) is 2.70. The maximum atomic E-state index is 13.5. The van der Waals surface area contributed by atoms with Crippen molar-refractivity contribution in [1.82, 2.24) is 19.6 Å². The van der Waals surface area contributed by atoms with Crippen molar-refractivity contribution < 1.29 is 23.9 Å². The average molecular weight is 539 g/mol. The molecule has 0 unspecified atom stereocenters. The third-order valence-corrected chi connectivity index (χ3v) is 8.14. The van der Waals surface area contributed by atoms with Crippen LogP contribution in [0.2, 0.25) is 0 Å². The topological polar surface area (TPSA) is 90.5 Å². The van der Waals surface area contributed by atoms with Crippen molar-refractivity contribution in [1.29, 1.82) is 0 Å². The third-order valence-electron chi connectivity index (χ3n) is 8.14. The molecule has 1 aromatic carbocycles. The number of hydrogen-bond acceptors (Lipinski definition) is 5. The molecule has 2 saturated heterocycles. The van der Waals surface area contributed by atoms with Gasteiger partial charge in [-0.15, -0.1) is 0 Å². The van der Waals surface area contributed by atoms with Crippen molar-refractivity contribution in [3.63, 3.8) is 0 Å². The molecular weight excluding hydrogens is 496 g/mol. The van der Waals surface area contributed by atoms with Crippen molar-refractivity contribution >= 4 is 24.1 Å². The predicted molar refractivity (Wildman–Crippen MR) is 148 cm³/mol. The smallest absolute Gasteiger partial charge is 0.242 e. The van der Waals surface area contributed by atoms with E-state index in [1.54, 1.807) is 9.80 Å². The Morgan fingerprint density at radius 1 is 1.00 bits per heavy atom. The van der Waals surface area contributed by atoms with Crippen molar-refractivity contribution in [3.05, 3.63) is 42.0 Å². The second-order valence-corrected chi connectivity index (χ2v) is 10.8. The summed E-state index contributed by atoms with van der Waals surface area (Å²) in [6.45, 7) is 6.21. The zero-order valence-corrected chi connectivity index (χ0v) is 23.1. The van der Waals surface area contributed by atoms with E-state index >= 15 is 0 Å². The SMILES string of the molecule is CCCCCC(=O)N1CC(=O)N2CC[C@@H](CC(=O)N3CCN(C=O)CC3)[C@@H](/C=C/COc3ccccc3C1)C2. The summed E-state index contributed by atoms with van der Waals surface area (Å²) in [5.74, 6) is 0.901. The number of fused-ring (bicyclic) bond motifs is 3.